The molecule has 2 rings (SSSR count). The average molecular weight is 313 g/mol. The largest absolute Gasteiger partial charge is 0.379 e. The minimum atomic E-state index is 0.398. The summed E-state index contributed by atoms with van der Waals surface area (Å²) in [6.45, 7) is 6.58. The monoisotopic (exact) mass is 312 g/mol. The highest BCUT2D eigenvalue weighted by molar-refractivity contribution is 9.10. The Kier molecular flexibility index (Phi) is 5.18. The first-order chi connectivity index (χ1) is 8.72. The number of ether oxygens (including phenoxy) is 1. The van der Waals surface area contributed by atoms with Gasteiger partial charge in [-0.1, -0.05) is 35.0 Å². The fourth-order valence-electron chi connectivity index (χ4n) is 2.57. The van der Waals surface area contributed by atoms with Crippen LogP contribution in [0.25, 0.3) is 0 Å². The van der Waals surface area contributed by atoms with Gasteiger partial charge in [0.1, 0.15) is 0 Å². The molecule has 100 valence electrons. The smallest absolute Gasteiger partial charge is 0.0594 e. The molecule has 1 aromatic rings. The van der Waals surface area contributed by atoms with Gasteiger partial charge >= 0.3 is 0 Å². The summed E-state index contributed by atoms with van der Waals surface area (Å²) in [4.78, 5) is 2.45. The molecule has 0 spiro atoms. The SMILES string of the molecule is CC(c1ccc(Br)cc1)C(CN)N1CCOCC1. The molecule has 0 aromatic heterocycles. The topological polar surface area (TPSA) is 38.5 Å². The second kappa shape index (κ2) is 6.66. The van der Waals surface area contributed by atoms with Crippen LogP contribution < -0.4 is 5.73 Å². The first-order valence-electron chi connectivity index (χ1n) is 6.49. The lowest BCUT2D eigenvalue weighted by molar-refractivity contribution is 0.0137. The van der Waals surface area contributed by atoms with E-state index in [4.69, 9.17) is 10.5 Å². The van der Waals surface area contributed by atoms with Crippen molar-refractivity contribution >= 4 is 15.9 Å². The summed E-state index contributed by atoms with van der Waals surface area (Å²) >= 11 is 3.47. The van der Waals surface area contributed by atoms with Crippen molar-refractivity contribution in [3.8, 4) is 0 Å². The number of nitrogens with zero attached hydrogens (tertiary/aromatic N) is 1. The number of hydrogen-bond acceptors (Lipinski definition) is 3. The molecule has 2 N–H and O–H groups in total. The molecule has 0 saturated carbocycles. The molecule has 1 aromatic carbocycles. The van der Waals surface area contributed by atoms with Crippen LogP contribution in [0.15, 0.2) is 28.7 Å². The van der Waals surface area contributed by atoms with Crippen LogP contribution in [0, 0.1) is 0 Å². The molecule has 1 aliphatic heterocycles. The highest BCUT2D eigenvalue weighted by Crippen LogP contribution is 2.24. The Hall–Kier alpha value is -0.420. The van der Waals surface area contributed by atoms with Gasteiger partial charge in [0.25, 0.3) is 0 Å². The molecule has 3 nitrogen and oxygen atoms in total. The fraction of sp³-hybridized carbons (Fsp3) is 0.571. The zero-order valence-electron chi connectivity index (χ0n) is 10.8. The van der Waals surface area contributed by atoms with Crippen LogP contribution in [0.1, 0.15) is 18.4 Å². The normalized spacial score (nSPS) is 20.6. The Labute approximate surface area is 117 Å². The summed E-state index contributed by atoms with van der Waals surface area (Å²) in [5.74, 6) is 0.446. The number of benzene rings is 1. The van der Waals surface area contributed by atoms with Crippen LogP contribution in [-0.4, -0.2) is 43.8 Å². The minimum absolute atomic E-state index is 0.398. The Morgan fingerprint density at radius 3 is 2.44 bits per heavy atom. The molecule has 1 saturated heterocycles. The van der Waals surface area contributed by atoms with E-state index in [9.17, 15) is 0 Å². The number of hydrogen-bond donors (Lipinski definition) is 1. The van der Waals surface area contributed by atoms with Gasteiger partial charge in [-0.15, -0.1) is 0 Å². The molecule has 2 atom stereocenters. The molecule has 0 amide bonds. The molecule has 4 heteroatoms. The summed E-state index contributed by atoms with van der Waals surface area (Å²) in [5, 5.41) is 0. The van der Waals surface area contributed by atoms with Crippen molar-refractivity contribution in [3.63, 3.8) is 0 Å². The molecule has 0 aliphatic carbocycles. The zero-order valence-corrected chi connectivity index (χ0v) is 12.4. The van der Waals surface area contributed by atoms with Crippen molar-refractivity contribution in [1.29, 1.82) is 0 Å². The van der Waals surface area contributed by atoms with Crippen LogP contribution in [0.3, 0.4) is 0 Å². The van der Waals surface area contributed by atoms with Gasteiger partial charge in [-0.05, 0) is 23.6 Å². The average Bonchev–Trinajstić information content (AvgIpc) is 2.41. The van der Waals surface area contributed by atoms with E-state index in [2.05, 4.69) is 52.0 Å². The maximum atomic E-state index is 5.98. The van der Waals surface area contributed by atoms with Crippen molar-refractivity contribution in [1.82, 2.24) is 4.90 Å². The van der Waals surface area contributed by atoms with Gasteiger partial charge in [-0.25, -0.2) is 0 Å². The fourth-order valence-corrected chi connectivity index (χ4v) is 2.83. The quantitative estimate of drug-likeness (QED) is 0.926. The van der Waals surface area contributed by atoms with E-state index in [1.165, 1.54) is 5.56 Å². The predicted octanol–water partition coefficient (Wildman–Crippen LogP) is 2.21. The van der Waals surface area contributed by atoms with Gasteiger partial charge in [0.05, 0.1) is 13.2 Å². The maximum Gasteiger partial charge on any atom is 0.0594 e. The van der Waals surface area contributed by atoms with Gasteiger partial charge in [-0.2, -0.15) is 0 Å². The summed E-state index contributed by atoms with van der Waals surface area (Å²) in [6, 6.07) is 8.95. The van der Waals surface area contributed by atoms with E-state index in [1.54, 1.807) is 0 Å². The van der Waals surface area contributed by atoms with Gasteiger partial charge in [0.2, 0.25) is 0 Å². The van der Waals surface area contributed by atoms with Gasteiger partial charge < -0.3 is 10.5 Å². The maximum absolute atomic E-state index is 5.98. The lowest BCUT2D eigenvalue weighted by atomic mass is 9.92. The first kappa shape index (κ1) is 14.0. The Morgan fingerprint density at radius 2 is 1.89 bits per heavy atom. The van der Waals surface area contributed by atoms with Crippen LogP contribution in [0.4, 0.5) is 0 Å². The first-order valence-corrected chi connectivity index (χ1v) is 7.29. The second-order valence-electron chi connectivity index (χ2n) is 4.79. The highest BCUT2D eigenvalue weighted by Gasteiger charge is 2.25. The molecular weight excluding hydrogens is 292 g/mol. The molecule has 0 bridgehead atoms. The Morgan fingerprint density at radius 1 is 1.28 bits per heavy atom. The molecule has 18 heavy (non-hydrogen) atoms. The lowest BCUT2D eigenvalue weighted by Gasteiger charge is -2.37. The number of nitrogens with two attached hydrogens (primary N) is 1. The second-order valence-corrected chi connectivity index (χ2v) is 5.71. The zero-order chi connectivity index (χ0) is 13.0. The van der Waals surface area contributed by atoms with Crippen LogP contribution in [0.2, 0.25) is 0 Å². The van der Waals surface area contributed by atoms with Crippen molar-refractivity contribution in [2.45, 2.75) is 18.9 Å². The van der Waals surface area contributed by atoms with Crippen LogP contribution in [0.5, 0.6) is 0 Å². The highest BCUT2D eigenvalue weighted by atomic mass is 79.9. The van der Waals surface area contributed by atoms with Crippen molar-refractivity contribution in [2.24, 2.45) is 5.73 Å². The van der Waals surface area contributed by atoms with E-state index in [-0.39, 0.29) is 0 Å². The number of morpholine rings is 1. The standard InChI is InChI=1S/C14H21BrN2O/c1-11(12-2-4-13(15)5-3-12)14(10-16)17-6-8-18-9-7-17/h2-5,11,14H,6-10,16H2,1H3. The summed E-state index contributed by atoms with van der Waals surface area (Å²) in [7, 11) is 0. The Bertz CT molecular complexity index is 363. The van der Waals surface area contributed by atoms with E-state index >= 15 is 0 Å². The molecule has 1 aliphatic rings. The van der Waals surface area contributed by atoms with E-state index < -0.39 is 0 Å². The van der Waals surface area contributed by atoms with Gasteiger partial charge in [0.15, 0.2) is 0 Å². The van der Waals surface area contributed by atoms with Crippen molar-refractivity contribution in [2.75, 3.05) is 32.8 Å². The molecular formula is C14H21BrN2O. The van der Waals surface area contributed by atoms with Crippen molar-refractivity contribution < 1.29 is 4.74 Å². The lowest BCUT2D eigenvalue weighted by Crippen LogP contribution is -2.49. The van der Waals surface area contributed by atoms with Crippen LogP contribution in [-0.2, 0) is 4.74 Å². The predicted molar refractivity (Wildman–Crippen MR) is 77.8 cm³/mol. The Balaban J connectivity index is 2.08. The molecule has 0 radical (unpaired) electrons. The van der Waals surface area contributed by atoms with E-state index in [0.717, 1.165) is 30.8 Å². The third-order valence-corrected chi connectivity index (χ3v) is 4.26. The summed E-state index contributed by atoms with van der Waals surface area (Å²) < 4.78 is 6.53. The van der Waals surface area contributed by atoms with Crippen LogP contribution >= 0.6 is 15.9 Å². The van der Waals surface area contributed by atoms with Gasteiger partial charge in [-0.3, -0.25) is 4.90 Å². The third kappa shape index (κ3) is 3.32. The summed E-state index contributed by atoms with van der Waals surface area (Å²) in [5.41, 5.74) is 7.33. The molecule has 1 fully saturated rings. The minimum Gasteiger partial charge on any atom is -0.379 e. The number of rotatable bonds is 4. The van der Waals surface area contributed by atoms with E-state index in [0.29, 0.717) is 18.5 Å². The molecule has 2 unspecified atom stereocenters. The third-order valence-electron chi connectivity index (χ3n) is 3.73. The van der Waals surface area contributed by atoms with Gasteiger partial charge in [0, 0.05) is 30.1 Å². The molecule has 1 heterocycles. The van der Waals surface area contributed by atoms with Crippen molar-refractivity contribution in [3.05, 3.63) is 34.3 Å². The van der Waals surface area contributed by atoms with E-state index in [1.807, 2.05) is 0 Å². The number of halogens is 1. The summed E-state index contributed by atoms with van der Waals surface area (Å²) in [6.07, 6.45) is 0.